The Hall–Kier alpha value is -0.920. The van der Waals surface area contributed by atoms with Gasteiger partial charge in [-0.3, -0.25) is 0 Å². The second-order valence-corrected chi connectivity index (χ2v) is 7.62. The van der Waals surface area contributed by atoms with Crippen LogP contribution < -0.4 is 10.5 Å². The monoisotopic (exact) mass is 300 g/mol. The van der Waals surface area contributed by atoms with Crippen LogP contribution in [0.3, 0.4) is 0 Å². The minimum atomic E-state index is -3.54. The quantitative estimate of drug-likeness (QED) is 0.818. The average Bonchev–Trinajstić information content (AvgIpc) is 2.97. The van der Waals surface area contributed by atoms with E-state index in [1.807, 2.05) is 4.57 Å². The molecule has 2 unspecified atom stereocenters. The standard InChI is InChI=1S/C13H24N4O2S/c1-10(2)7-17-8-13(15-9-17)20(18,19)16-12-5-3-4-11(12)6-14/h8-12,16H,3-7,14H2,1-2H3. The van der Waals surface area contributed by atoms with Crippen LogP contribution in [0.2, 0.25) is 0 Å². The van der Waals surface area contributed by atoms with Crippen LogP contribution in [0.25, 0.3) is 0 Å². The van der Waals surface area contributed by atoms with Gasteiger partial charge in [0.15, 0.2) is 5.03 Å². The number of nitrogens with one attached hydrogen (secondary N) is 1. The maximum atomic E-state index is 12.3. The minimum Gasteiger partial charge on any atom is -0.336 e. The summed E-state index contributed by atoms with van der Waals surface area (Å²) in [6.07, 6.45) is 6.04. The first-order valence-corrected chi connectivity index (χ1v) is 8.65. The molecule has 1 aliphatic rings. The van der Waals surface area contributed by atoms with Gasteiger partial charge in [0, 0.05) is 18.8 Å². The molecule has 7 heteroatoms. The Morgan fingerprint density at radius 1 is 1.50 bits per heavy atom. The summed E-state index contributed by atoms with van der Waals surface area (Å²) < 4.78 is 29.2. The first-order chi connectivity index (χ1) is 9.42. The molecule has 1 aromatic rings. The van der Waals surface area contributed by atoms with Gasteiger partial charge in [0.05, 0.1) is 6.33 Å². The Morgan fingerprint density at radius 2 is 2.25 bits per heavy atom. The van der Waals surface area contributed by atoms with Gasteiger partial charge in [-0.15, -0.1) is 0 Å². The second kappa shape index (κ2) is 6.24. The van der Waals surface area contributed by atoms with Crippen molar-refractivity contribution in [2.75, 3.05) is 6.54 Å². The van der Waals surface area contributed by atoms with E-state index in [4.69, 9.17) is 5.73 Å². The fourth-order valence-electron chi connectivity index (χ4n) is 2.73. The van der Waals surface area contributed by atoms with E-state index in [2.05, 4.69) is 23.6 Å². The lowest BCUT2D eigenvalue weighted by molar-refractivity contribution is 0.452. The predicted molar refractivity (Wildman–Crippen MR) is 77.6 cm³/mol. The van der Waals surface area contributed by atoms with E-state index in [1.54, 1.807) is 12.5 Å². The lowest BCUT2D eigenvalue weighted by atomic mass is 10.1. The number of nitrogens with zero attached hydrogens (tertiary/aromatic N) is 2. The molecule has 0 spiro atoms. The molecule has 6 nitrogen and oxygen atoms in total. The molecule has 1 fully saturated rings. The van der Waals surface area contributed by atoms with Gasteiger partial charge < -0.3 is 10.3 Å². The highest BCUT2D eigenvalue weighted by molar-refractivity contribution is 7.89. The van der Waals surface area contributed by atoms with Gasteiger partial charge in [-0.2, -0.15) is 0 Å². The first-order valence-electron chi connectivity index (χ1n) is 7.16. The summed E-state index contributed by atoms with van der Waals surface area (Å²) in [6, 6.07) is -0.0553. The molecule has 0 aromatic carbocycles. The molecular formula is C13H24N4O2S. The van der Waals surface area contributed by atoms with Crippen molar-refractivity contribution < 1.29 is 8.42 Å². The summed E-state index contributed by atoms with van der Waals surface area (Å²) in [4.78, 5) is 4.02. The van der Waals surface area contributed by atoms with Crippen molar-refractivity contribution in [1.82, 2.24) is 14.3 Å². The lowest BCUT2D eigenvalue weighted by Gasteiger charge is -2.18. The van der Waals surface area contributed by atoms with Crippen LogP contribution >= 0.6 is 0 Å². The van der Waals surface area contributed by atoms with Crippen molar-refractivity contribution in [1.29, 1.82) is 0 Å². The minimum absolute atomic E-state index is 0.0553. The summed E-state index contributed by atoms with van der Waals surface area (Å²) in [5.41, 5.74) is 5.69. The van der Waals surface area contributed by atoms with Crippen molar-refractivity contribution in [2.45, 2.75) is 50.7 Å². The maximum Gasteiger partial charge on any atom is 0.259 e. The molecule has 1 aromatic heterocycles. The average molecular weight is 300 g/mol. The van der Waals surface area contributed by atoms with Crippen LogP contribution in [0.5, 0.6) is 0 Å². The maximum absolute atomic E-state index is 12.3. The lowest BCUT2D eigenvalue weighted by Crippen LogP contribution is -2.39. The molecule has 1 aliphatic carbocycles. The van der Waals surface area contributed by atoms with Crippen molar-refractivity contribution in [3.05, 3.63) is 12.5 Å². The molecular weight excluding hydrogens is 276 g/mol. The normalized spacial score (nSPS) is 23.6. The van der Waals surface area contributed by atoms with Crippen molar-refractivity contribution in [3.63, 3.8) is 0 Å². The number of imidazole rings is 1. The van der Waals surface area contributed by atoms with Crippen molar-refractivity contribution in [3.8, 4) is 0 Å². The zero-order valence-electron chi connectivity index (χ0n) is 12.1. The molecule has 114 valence electrons. The van der Waals surface area contributed by atoms with E-state index in [-0.39, 0.29) is 17.0 Å². The van der Waals surface area contributed by atoms with E-state index >= 15 is 0 Å². The third kappa shape index (κ3) is 3.59. The van der Waals surface area contributed by atoms with Crippen LogP contribution in [0, 0.1) is 11.8 Å². The number of nitrogens with two attached hydrogens (primary N) is 1. The molecule has 1 saturated carbocycles. The molecule has 0 bridgehead atoms. The zero-order chi connectivity index (χ0) is 14.8. The van der Waals surface area contributed by atoms with Crippen LogP contribution in [0.15, 0.2) is 17.6 Å². The van der Waals surface area contributed by atoms with E-state index in [9.17, 15) is 8.42 Å². The third-order valence-electron chi connectivity index (χ3n) is 3.73. The fourth-order valence-corrected chi connectivity index (χ4v) is 4.02. The number of aromatic nitrogens is 2. The largest absolute Gasteiger partial charge is 0.336 e. The first kappa shape index (κ1) is 15.5. The Morgan fingerprint density at radius 3 is 2.90 bits per heavy atom. The molecule has 1 heterocycles. The fraction of sp³-hybridized carbons (Fsp3) is 0.769. The zero-order valence-corrected chi connectivity index (χ0v) is 12.9. The smallest absolute Gasteiger partial charge is 0.259 e. The molecule has 3 N–H and O–H groups in total. The Bertz CT molecular complexity index is 538. The Balaban J connectivity index is 2.08. The van der Waals surface area contributed by atoms with Crippen LogP contribution in [0.1, 0.15) is 33.1 Å². The van der Waals surface area contributed by atoms with Crippen LogP contribution in [0.4, 0.5) is 0 Å². The van der Waals surface area contributed by atoms with Gasteiger partial charge in [0.1, 0.15) is 0 Å². The predicted octanol–water partition coefficient (Wildman–Crippen LogP) is 0.945. The van der Waals surface area contributed by atoms with Gasteiger partial charge in [0.2, 0.25) is 0 Å². The van der Waals surface area contributed by atoms with E-state index in [1.165, 1.54) is 0 Å². The Labute approximate surface area is 120 Å². The summed E-state index contributed by atoms with van der Waals surface area (Å²) in [6.45, 7) is 5.44. The molecule has 2 atom stereocenters. The summed E-state index contributed by atoms with van der Waals surface area (Å²) in [7, 11) is -3.54. The SMILES string of the molecule is CC(C)Cn1cnc(S(=O)(=O)NC2CCCC2CN)c1. The molecule has 20 heavy (non-hydrogen) atoms. The van der Waals surface area contributed by atoms with Gasteiger partial charge in [0.25, 0.3) is 10.0 Å². The number of rotatable bonds is 6. The van der Waals surface area contributed by atoms with Gasteiger partial charge in [-0.25, -0.2) is 18.1 Å². The van der Waals surface area contributed by atoms with Gasteiger partial charge in [-0.05, 0) is 31.2 Å². The number of hydrogen-bond donors (Lipinski definition) is 2. The molecule has 0 amide bonds. The van der Waals surface area contributed by atoms with E-state index in [0.717, 1.165) is 25.8 Å². The highest BCUT2D eigenvalue weighted by atomic mass is 32.2. The van der Waals surface area contributed by atoms with Crippen LogP contribution in [-0.4, -0.2) is 30.6 Å². The third-order valence-corrected chi connectivity index (χ3v) is 5.10. The Kier molecular flexibility index (Phi) is 4.82. The summed E-state index contributed by atoms with van der Waals surface area (Å²) in [5, 5.41) is 0.0980. The second-order valence-electron chi connectivity index (χ2n) is 5.96. The molecule has 0 aliphatic heterocycles. The molecule has 2 rings (SSSR count). The molecule has 0 saturated heterocycles. The van der Waals surface area contributed by atoms with E-state index < -0.39 is 10.0 Å². The summed E-state index contributed by atoms with van der Waals surface area (Å²) >= 11 is 0. The highest BCUT2D eigenvalue weighted by Crippen LogP contribution is 2.26. The number of sulfonamides is 1. The highest BCUT2D eigenvalue weighted by Gasteiger charge is 2.31. The topological polar surface area (TPSA) is 90.0 Å². The molecule has 0 radical (unpaired) electrons. The van der Waals surface area contributed by atoms with Gasteiger partial charge in [-0.1, -0.05) is 20.3 Å². The van der Waals surface area contributed by atoms with Crippen LogP contribution in [-0.2, 0) is 16.6 Å². The van der Waals surface area contributed by atoms with Crippen molar-refractivity contribution in [2.24, 2.45) is 17.6 Å². The van der Waals surface area contributed by atoms with E-state index in [0.29, 0.717) is 12.5 Å². The van der Waals surface area contributed by atoms with Crippen molar-refractivity contribution >= 4 is 10.0 Å². The number of hydrogen-bond acceptors (Lipinski definition) is 4. The summed E-state index contributed by atoms with van der Waals surface area (Å²) in [5.74, 6) is 0.687. The van der Waals surface area contributed by atoms with Gasteiger partial charge >= 0.3 is 0 Å².